The fourth-order valence-corrected chi connectivity index (χ4v) is 3.71. The Morgan fingerprint density at radius 1 is 0.964 bits per heavy atom. The van der Waals surface area contributed by atoms with E-state index in [1.165, 1.54) is 37.4 Å². The molecule has 0 fully saturated rings. The Bertz CT molecular complexity index is 1140. The minimum Gasteiger partial charge on any atom is -0.423 e. The molecule has 3 rings (SSSR count). The molecule has 0 unspecified atom stereocenters. The molecule has 6 nitrogen and oxygen atoms in total. The molecule has 0 aliphatic carbocycles. The maximum atomic E-state index is 12.7. The van der Waals surface area contributed by atoms with Crippen molar-refractivity contribution in [1.82, 2.24) is 0 Å². The highest BCUT2D eigenvalue weighted by molar-refractivity contribution is 7.92. The van der Waals surface area contributed by atoms with Gasteiger partial charge in [0.1, 0.15) is 5.75 Å². The lowest BCUT2D eigenvalue weighted by molar-refractivity contribution is 0.0734. The lowest BCUT2D eigenvalue weighted by Gasteiger charge is -2.19. The number of hydrogen-bond donors (Lipinski definition) is 0. The molecule has 0 spiro atoms. The summed E-state index contributed by atoms with van der Waals surface area (Å²) in [7, 11) is -2.23. The molecule has 0 bridgehead atoms. The smallest absolute Gasteiger partial charge is 0.343 e. The Morgan fingerprint density at radius 2 is 1.64 bits per heavy atom. The summed E-state index contributed by atoms with van der Waals surface area (Å²) in [4.78, 5) is 12.4. The van der Waals surface area contributed by atoms with Crippen LogP contribution in [0.5, 0.6) is 5.75 Å². The number of ether oxygens (including phenoxy) is 1. The van der Waals surface area contributed by atoms with Gasteiger partial charge in [-0.25, -0.2) is 13.2 Å². The number of carbonyl (C=O) groups excluding carboxylic acids is 1. The summed E-state index contributed by atoms with van der Waals surface area (Å²) in [5, 5.41) is 8.91. The van der Waals surface area contributed by atoms with Crippen LogP contribution in [-0.2, 0) is 10.0 Å². The van der Waals surface area contributed by atoms with Crippen molar-refractivity contribution in [2.24, 2.45) is 0 Å². The highest BCUT2D eigenvalue weighted by atomic mass is 32.2. The Kier molecular flexibility index (Phi) is 5.43. The molecule has 0 heterocycles. The van der Waals surface area contributed by atoms with Gasteiger partial charge in [0, 0.05) is 7.05 Å². The first-order valence-electron chi connectivity index (χ1n) is 8.28. The maximum absolute atomic E-state index is 12.7. The number of nitriles is 1. The number of benzene rings is 3. The van der Waals surface area contributed by atoms with Gasteiger partial charge in [-0.05, 0) is 54.6 Å². The summed E-state index contributed by atoms with van der Waals surface area (Å²) in [5.74, 6) is -0.336. The van der Waals surface area contributed by atoms with E-state index in [9.17, 15) is 13.2 Å². The van der Waals surface area contributed by atoms with Gasteiger partial charge in [-0.1, -0.05) is 24.3 Å². The van der Waals surface area contributed by atoms with E-state index in [0.717, 1.165) is 4.31 Å². The molecule has 0 N–H and O–H groups in total. The van der Waals surface area contributed by atoms with Crippen LogP contribution in [0, 0.1) is 11.3 Å². The monoisotopic (exact) mass is 392 g/mol. The molecule has 0 atom stereocenters. The van der Waals surface area contributed by atoms with E-state index in [0.29, 0.717) is 11.3 Å². The van der Waals surface area contributed by atoms with Gasteiger partial charge in [0.05, 0.1) is 27.8 Å². The molecule has 0 aliphatic heterocycles. The molecule has 28 heavy (non-hydrogen) atoms. The van der Waals surface area contributed by atoms with E-state index in [-0.39, 0.29) is 16.2 Å². The lowest BCUT2D eigenvalue weighted by Crippen LogP contribution is -2.26. The van der Waals surface area contributed by atoms with E-state index in [2.05, 4.69) is 0 Å². The van der Waals surface area contributed by atoms with Gasteiger partial charge in [-0.15, -0.1) is 0 Å². The van der Waals surface area contributed by atoms with Crippen molar-refractivity contribution in [2.75, 3.05) is 11.4 Å². The van der Waals surface area contributed by atoms with Crippen LogP contribution < -0.4 is 9.04 Å². The predicted molar refractivity (Wildman–Crippen MR) is 105 cm³/mol. The molecule has 3 aromatic rings. The Labute approximate surface area is 163 Å². The Morgan fingerprint density at radius 3 is 2.29 bits per heavy atom. The quantitative estimate of drug-likeness (QED) is 0.489. The molecule has 7 heteroatoms. The minimum absolute atomic E-state index is 0.186. The first kappa shape index (κ1) is 19.1. The van der Waals surface area contributed by atoms with Gasteiger partial charge >= 0.3 is 5.97 Å². The van der Waals surface area contributed by atoms with Crippen LogP contribution in [0.4, 0.5) is 5.69 Å². The lowest BCUT2D eigenvalue weighted by atomic mass is 10.1. The molecular formula is C21H16N2O4S. The first-order chi connectivity index (χ1) is 13.4. The summed E-state index contributed by atoms with van der Waals surface area (Å²) in [5.41, 5.74) is 1.04. The van der Waals surface area contributed by atoms with E-state index in [1.54, 1.807) is 48.5 Å². The van der Waals surface area contributed by atoms with Gasteiger partial charge in [0.25, 0.3) is 10.0 Å². The van der Waals surface area contributed by atoms with Crippen LogP contribution in [-0.4, -0.2) is 21.4 Å². The van der Waals surface area contributed by atoms with E-state index in [4.69, 9.17) is 10.00 Å². The Balaban J connectivity index is 1.76. The van der Waals surface area contributed by atoms with Crippen molar-refractivity contribution in [1.29, 1.82) is 5.26 Å². The van der Waals surface area contributed by atoms with Crippen molar-refractivity contribution in [3.05, 3.63) is 90.0 Å². The van der Waals surface area contributed by atoms with Gasteiger partial charge in [-0.2, -0.15) is 5.26 Å². The van der Waals surface area contributed by atoms with Crippen LogP contribution in [0.1, 0.15) is 15.9 Å². The van der Waals surface area contributed by atoms with Crippen LogP contribution in [0.25, 0.3) is 0 Å². The molecular weight excluding hydrogens is 376 g/mol. The van der Waals surface area contributed by atoms with Gasteiger partial charge in [-0.3, -0.25) is 4.31 Å². The van der Waals surface area contributed by atoms with Crippen molar-refractivity contribution in [3.63, 3.8) is 0 Å². The summed E-state index contributed by atoms with van der Waals surface area (Å²) in [6.07, 6.45) is 0. The third kappa shape index (κ3) is 4.03. The zero-order chi connectivity index (χ0) is 20.1. The molecule has 0 saturated carbocycles. The molecule has 0 amide bonds. The van der Waals surface area contributed by atoms with Crippen molar-refractivity contribution >= 4 is 21.7 Å². The minimum atomic E-state index is -3.68. The standard InChI is InChI=1S/C21H16N2O4S/c1-23(28(25,26)20-8-3-2-4-9-20)18-10-12-19(13-11-18)27-21(24)17-7-5-6-16(14-17)15-22/h2-14H,1H3. The molecule has 3 aromatic carbocycles. The molecule has 0 aromatic heterocycles. The zero-order valence-corrected chi connectivity index (χ0v) is 15.8. The normalized spacial score (nSPS) is 10.7. The van der Waals surface area contributed by atoms with E-state index in [1.807, 2.05) is 6.07 Å². The summed E-state index contributed by atoms with van der Waals surface area (Å²) >= 11 is 0. The third-order valence-corrected chi connectivity index (χ3v) is 5.84. The van der Waals surface area contributed by atoms with E-state index < -0.39 is 16.0 Å². The second-order valence-electron chi connectivity index (χ2n) is 5.86. The number of esters is 1. The largest absolute Gasteiger partial charge is 0.423 e. The summed E-state index contributed by atoms with van der Waals surface area (Å²) < 4.78 is 31.8. The van der Waals surface area contributed by atoms with Gasteiger partial charge in [0.15, 0.2) is 0 Å². The van der Waals surface area contributed by atoms with Crippen LogP contribution in [0.2, 0.25) is 0 Å². The third-order valence-electron chi connectivity index (χ3n) is 4.04. The van der Waals surface area contributed by atoms with Crippen molar-refractivity contribution in [2.45, 2.75) is 4.90 Å². The number of sulfonamides is 1. The van der Waals surface area contributed by atoms with Crippen molar-refractivity contribution < 1.29 is 17.9 Å². The first-order valence-corrected chi connectivity index (χ1v) is 9.72. The molecule has 0 aliphatic rings. The van der Waals surface area contributed by atoms with Crippen LogP contribution in [0.3, 0.4) is 0 Å². The van der Waals surface area contributed by atoms with Crippen LogP contribution >= 0.6 is 0 Å². The highest BCUT2D eigenvalue weighted by Gasteiger charge is 2.21. The zero-order valence-electron chi connectivity index (χ0n) is 14.9. The summed E-state index contributed by atoms with van der Waals surface area (Å²) in [6, 6.07) is 22.4. The predicted octanol–water partition coefficient (Wildman–Crippen LogP) is 3.60. The topological polar surface area (TPSA) is 87.5 Å². The highest BCUT2D eigenvalue weighted by Crippen LogP contribution is 2.24. The average Bonchev–Trinajstić information content (AvgIpc) is 2.74. The average molecular weight is 392 g/mol. The molecule has 0 saturated heterocycles. The fourth-order valence-electron chi connectivity index (χ4n) is 2.50. The summed E-state index contributed by atoms with van der Waals surface area (Å²) in [6.45, 7) is 0. The number of carbonyl (C=O) groups is 1. The Hall–Kier alpha value is -3.63. The fraction of sp³-hybridized carbons (Fsp3) is 0.0476. The number of anilines is 1. The number of hydrogen-bond acceptors (Lipinski definition) is 5. The number of nitrogens with zero attached hydrogens (tertiary/aromatic N) is 2. The SMILES string of the molecule is CN(c1ccc(OC(=O)c2cccc(C#N)c2)cc1)S(=O)(=O)c1ccccc1. The maximum Gasteiger partial charge on any atom is 0.343 e. The van der Waals surface area contributed by atoms with Crippen LogP contribution in [0.15, 0.2) is 83.8 Å². The van der Waals surface area contributed by atoms with Gasteiger partial charge in [0.2, 0.25) is 0 Å². The molecule has 140 valence electrons. The second kappa shape index (κ2) is 7.94. The van der Waals surface area contributed by atoms with Crippen molar-refractivity contribution in [3.8, 4) is 11.8 Å². The van der Waals surface area contributed by atoms with E-state index >= 15 is 0 Å². The van der Waals surface area contributed by atoms with Gasteiger partial charge < -0.3 is 4.74 Å². The molecule has 0 radical (unpaired) electrons. The second-order valence-corrected chi connectivity index (χ2v) is 7.83. The number of rotatable bonds is 5.